The van der Waals surface area contributed by atoms with Gasteiger partial charge >= 0.3 is 0 Å². The molecule has 1 heterocycles. The topological polar surface area (TPSA) is 12.0 Å². The van der Waals surface area contributed by atoms with E-state index in [4.69, 9.17) is 11.6 Å². The first-order valence-corrected chi connectivity index (χ1v) is 8.65. The number of hydrogen-bond donors (Lipinski definition) is 1. The van der Waals surface area contributed by atoms with E-state index in [1.807, 2.05) is 17.4 Å². The van der Waals surface area contributed by atoms with Crippen LogP contribution in [0, 0.1) is 5.82 Å². The molecule has 1 N–H and O–H groups in total. The Hall–Kier alpha value is -0.900. The molecule has 2 aromatic rings. The lowest BCUT2D eigenvalue weighted by atomic mass is 10.0. The van der Waals surface area contributed by atoms with Crippen LogP contribution in [0.1, 0.15) is 40.3 Å². The molecule has 0 bridgehead atoms. The minimum atomic E-state index is -0.351. The quantitative estimate of drug-likeness (QED) is 0.823. The summed E-state index contributed by atoms with van der Waals surface area (Å²) in [7, 11) is 0. The Kier molecular flexibility index (Phi) is 4.63. The van der Waals surface area contributed by atoms with Gasteiger partial charge in [-0.05, 0) is 61.6 Å². The predicted octanol–water partition coefficient (Wildman–Crippen LogP) is 4.92. The predicted molar refractivity (Wildman–Crippen MR) is 87.9 cm³/mol. The lowest BCUT2D eigenvalue weighted by molar-refractivity contribution is 0.556. The second-order valence-corrected chi connectivity index (χ2v) is 7.09. The molecular formula is C17H19ClFNS. The van der Waals surface area contributed by atoms with Gasteiger partial charge in [-0.3, -0.25) is 0 Å². The average Bonchev–Trinajstić information content (AvgIpc) is 3.03. The van der Waals surface area contributed by atoms with E-state index in [2.05, 4.69) is 18.3 Å². The summed E-state index contributed by atoms with van der Waals surface area (Å²) >= 11 is 7.82. The van der Waals surface area contributed by atoms with Crippen LogP contribution >= 0.6 is 22.9 Å². The van der Waals surface area contributed by atoms with E-state index in [0.717, 1.165) is 18.5 Å². The highest BCUT2D eigenvalue weighted by molar-refractivity contribution is 7.12. The van der Waals surface area contributed by atoms with Crippen molar-refractivity contribution in [3.63, 3.8) is 0 Å². The molecule has 0 fully saturated rings. The monoisotopic (exact) mass is 323 g/mol. The van der Waals surface area contributed by atoms with Crippen molar-refractivity contribution in [1.29, 1.82) is 0 Å². The summed E-state index contributed by atoms with van der Waals surface area (Å²) < 4.78 is 13.3. The molecule has 1 aromatic heterocycles. The van der Waals surface area contributed by atoms with Gasteiger partial charge in [0.25, 0.3) is 0 Å². The molecular weight excluding hydrogens is 305 g/mol. The highest BCUT2D eigenvalue weighted by Crippen LogP contribution is 2.35. The first-order chi connectivity index (χ1) is 10.2. The summed E-state index contributed by atoms with van der Waals surface area (Å²) in [5, 5.41) is 3.75. The Labute approximate surface area is 134 Å². The first kappa shape index (κ1) is 15.0. The summed E-state index contributed by atoms with van der Waals surface area (Å²) in [4.78, 5) is 2.94. The molecule has 0 radical (unpaired) electrons. The molecule has 0 aliphatic heterocycles. The standard InChI is InChI=1S/C17H19ClFNS/c1-2-20-15(9-11-6-7-14(19)13(18)8-11)17-10-12-4-3-5-16(12)21-17/h6-8,10,15,20H,2-5,9H2,1H3. The maximum atomic E-state index is 13.3. The first-order valence-electron chi connectivity index (χ1n) is 7.46. The molecule has 4 heteroatoms. The third-order valence-corrected chi connectivity index (χ3v) is 5.62. The van der Waals surface area contributed by atoms with Crippen LogP contribution in [0.25, 0.3) is 0 Å². The number of thiophene rings is 1. The molecule has 3 rings (SSSR count). The van der Waals surface area contributed by atoms with Crippen molar-refractivity contribution in [1.82, 2.24) is 5.32 Å². The van der Waals surface area contributed by atoms with Crippen LogP contribution in [0.4, 0.5) is 4.39 Å². The second kappa shape index (κ2) is 6.47. The van der Waals surface area contributed by atoms with E-state index < -0.39 is 0 Å². The van der Waals surface area contributed by atoms with Crippen LogP contribution < -0.4 is 5.32 Å². The Morgan fingerprint density at radius 2 is 2.19 bits per heavy atom. The Morgan fingerprint density at radius 3 is 2.90 bits per heavy atom. The van der Waals surface area contributed by atoms with E-state index >= 15 is 0 Å². The summed E-state index contributed by atoms with van der Waals surface area (Å²) in [5.74, 6) is -0.351. The van der Waals surface area contributed by atoms with E-state index in [0.29, 0.717) is 0 Å². The molecule has 0 saturated carbocycles. The number of aryl methyl sites for hydroxylation is 2. The minimum absolute atomic E-state index is 0.205. The lowest BCUT2D eigenvalue weighted by Crippen LogP contribution is -2.22. The Morgan fingerprint density at radius 1 is 1.33 bits per heavy atom. The average molecular weight is 324 g/mol. The van der Waals surface area contributed by atoms with Gasteiger partial charge < -0.3 is 5.32 Å². The Bertz CT molecular complexity index is 616. The number of rotatable bonds is 5. The van der Waals surface area contributed by atoms with Crippen molar-refractivity contribution in [2.75, 3.05) is 6.54 Å². The SMILES string of the molecule is CCNC(Cc1ccc(F)c(Cl)c1)c1cc2c(s1)CCC2. The van der Waals surface area contributed by atoms with Crippen molar-refractivity contribution in [2.45, 2.75) is 38.6 Å². The number of hydrogen-bond acceptors (Lipinski definition) is 2. The van der Waals surface area contributed by atoms with Gasteiger partial charge in [0.2, 0.25) is 0 Å². The maximum Gasteiger partial charge on any atom is 0.141 e. The highest BCUT2D eigenvalue weighted by Gasteiger charge is 2.20. The lowest BCUT2D eigenvalue weighted by Gasteiger charge is -2.17. The number of fused-ring (bicyclic) bond motifs is 1. The summed E-state index contributed by atoms with van der Waals surface area (Å²) in [6, 6.07) is 7.66. The van der Waals surface area contributed by atoms with Crippen molar-refractivity contribution < 1.29 is 4.39 Å². The van der Waals surface area contributed by atoms with Gasteiger partial charge in [-0.1, -0.05) is 24.6 Å². The van der Waals surface area contributed by atoms with Gasteiger partial charge in [-0.25, -0.2) is 4.39 Å². The summed E-state index contributed by atoms with van der Waals surface area (Å²) in [6.07, 6.45) is 4.57. The van der Waals surface area contributed by atoms with E-state index in [1.165, 1.54) is 35.8 Å². The minimum Gasteiger partial charge on any atom is -0.309 e. The van der Waals surface area contributed by atoms with Crippen molar-refractivity contribution in [3.05, 3.63) is 56.0 Å². The Balaban J connectivity index is 1.81. The molecule has 0 amide bonds. The smallest absolute Gasteiger partial charge is 0.141 e. The normalized spacial score (nSPS) is 15.2. The molecule has 1 aromatic carbocycles. The fourth-order valence-electron chi connectivity index (χ4n) is 2.95. The van der Waals surface area contributed by atoms with Crippen LogP contribution in [0.3, 0.4) is 0 Å². The molecule has 1 nitrogen and oxygen atoms in total. The van der Waals surface area contributed by atoms with Crippen molar-refractivity contribution in [3.8, 4) is 0 Å². The van der Waals surface area contributed by atoms with Gasteiger partial charge in [0.1, 0.15) is 5.82 Å². The van der Waals surface area contributed by atoms with Gasteiger partial charge in [0, 0.05) is 15.8 Å². The van der Waals surface area contributed by atoms with Crippen LogP contribution in [0.15, 0.2) is 24.3 Å². The van der Waals surface area contributed by atoms with Gasteiger partial charge in [0.15, 0.2) is 0 Å². The molecule has 1 aliphatic rings. The van der Waals surface area contributed by atoms with Crippen molar-refractivity contribution in [2.24, 2.45) is 0 Å². The molecule has 1 atom stereocenters. The fraction of sp³-hybridized carbons (Fsp3) is 0.412. The zero-order chi connectivity index (χ0) is 14.8. The second-order valence-electron chi connectivity index (χ2n) is 5.51. The van der Waals surface area contributed by atoms with E-state index in [-0.39, 0.29) is 16.9 Å². The number of benzene rings is 1. The van der Waals surface area contributed by atoms with Gasteiger partial charge in [-0.2, -0.15) is 0 Å². The molecule has 0 spiro atoms. The van der Waals surface area contributed by atoms with Crippen LogP contribution in [-0.4, -0.2) is 6.54 Å². The van der Waals surface area contributed by atoms with Gasteiger partial charge in [-0.15, -0.1) is 11.3 Å². The highest BCUT2D eigenvalue weighted by atomic mass is 35.5. The molecule has 1 unspecified atom stereocenters. The fourth-order valence-corrected chi connectivity index (χ4v) is 4.48. The van der Waals surface area contributed by atoms with Crippen LogP contribution in [-0.2, 0) is 19.3 Å². The summed E-state index contributed by atoms with van der Waals surface area (Å²) in [5.41, 5.74) is 2.59. The number of likely N-dealkylation sites (N-methyl/N-ethyl adjacent to an activating group) is 1. The molecule has 112 valence electrons. The third-order valence-electron chi connectivity index (χ3n) is 3.98. The van der Waals surface area contributed by atoms with E-state index in [1.54, 1.807) is 10.9 Å². The van der Waals surface area contributed by atoms with E-state index in [9.17, 15) is 4.39 Å². The third kappa shape index (κ3) is 3.31. The molecule has 0 saturated heterocycles. The van der Waals surface area contributed by atoms with Crippen LogP contribution in [0.2, 0.25) is 5.02 Å². The molecule has 1 aliphatic carbocycles. The summed E-state index contributed by atoms with van der Waals surface area (Å²) in [6.45, 7) is 3.04. The largest absolute Gasteiger partial charge is 0.309 e. The number of nitrogens with one attached hydrogen (secondary N) is 1. The zero-order valence-corrected chi connectivity index (χ0v) is 13.7. The van der Waals surface area contributed by atoms with Crippen LogP contribution in [0.5, 0.6) is 0 Å². The van der Waals surface area contributed by atoms with Gasteiger partial charge in [0.05, 0.1) is 5.02 Å². The molecule has 21 heavy (non-hydrogen) atoms. The van der Waals surface area contributed by atoms with Crippen molar-refractivity contribution >= 4 is 22.9 Å². The number of halogens is 2. The zero-order valence-electron chi connectivity index (χ0n) is 12.1. The maximum absolute atomic E-state index is 13.3.